The molecule has 1 fully saturated rings. The van der Waals surface area contributed by atoms with Crippen LogP contribution in [-0.2, 0) is 0 Å². The van der Waals surface area contributed by atoms with E-state index in [1.165, 1.54) is 6.42 Å². The summed E-state index contributed by atoms with van der Waals surface area (Å²) in [6.07, 6.45) is 3.42. The summed E-state index contributed by atoms with van der Waals surface area (Å²) in [7, 11) is 0. The summed E-state index contributed by atoms with van der Waals surface area (Å²) in [5.41, 5.74) is 8.25. The van der Waals surface area contributed by atoms with Gasteiger partial charge in [-0.05, 0) is 43.9 Å². The number of urea groups is 1. The lowest BCUT2D eigenvalue weighted by atomic mass is 10.1. The van der Waals surface area contributed by atoms with E-state index in [2.05, 4.69) is 5.32 Å². The Bertz CT molecular complexity index is 411. The molecule has 1 aliphatic rings. The molecular formula is C13H19N3O. The van der Waals surface area contributed by atoms with Crippen molar-refractivity contribution in [2.45, 2.75) is 26.2 Å². The number of carbonyl (C=O) groups excluding carboxylic acids is 1. The maximum Gasteiger partial charge on any atom is 0.321 e. The summed E-state index contributed by atoms with van der Waals surface area (Å²) >= 11 is 0. The monoisotopic (exact) mass is 233 g/mol. The smallest absolute Gasteiger partial charge is 0.321 e. The molecule has 0 aliphatic carbocycles. The van der Waals surface area contributed by atoms with Gasteiger partial charge in [-0.2, -0.15) is 0 Å². The third-order valence-corrected chi connectivity index (χ3v) is 3.26. The molecule has 4 nitrogen and oxygen atoms in total. The number of nitrogens with zero attached hydrogens (tertiary/aromatic N) is 1. The minimum absolute atomic E-state index is 0.0154. The molecule has 0 bridgehead atoms. The number of rotatable bonds is 1. The third-order valence-electron chi connectivity index (χ3n) is 3.26. The highest BCUT2D eigenvalue weighted by Crippen LogP contribution is 2.21. The standard InChI is InChI=1S/C13H19N3O/c1-10-11(14)6-5-7-12(10)15-13(17)16-8-3-2-4-9-16/h5-7H,2-4,8-9,14H2,1H3,(H,15,17). The van der Waals surface area contributed by atoms with Gasteiger partial charge in [0.1, 0.15) is 0 Å². The number of nitrogen functional groups attached to an aromatic ring is 1. The maximum absolute atomic E-state index is 12.0. The van der Waals surface area contributed by atoms with Crippen LogP contribution in [0.1, 0.15) is 24.8 Å². The molecular weight excluding hydrogens is 214 g/mol. The van der Waals surface area contributed by atoms with Gasteiger partial charge in [0, 0.05) is 24.5 Å². The molecule has 0 atom stereocenters. The average molecular weight is 233 g/mol. The molecule has 1 saturated heterocycles. The van der Waals surface area contributed by atoms with Crippen LogP contribution in [0.3, 0.4) is 0 Å². The van der Waals surface area contributed by atoms with Gasteiger partial charge in [-0.15, -0.1) is 0 Å². The number of nitrogens with one attached hydrogen (secondary N) is 1. The predicted molar refractivity (Wildman–Crippen MR) is 70.0 cm³/mol. The summed E-state index contributed by atoms with van der Waals surface area (Å²) in [5.74, 6) is 0. The predicted octanol–water partition coefficient (Wildman–Crippen LogP) is 2.60. The second-order valence-corrected chi connectivity index (χ2v) is 4.50. The van der Waals surface area contributed by atoms with Gasteiger partial charge in [0.05, 0.1) is 0 Å². The summed E-state index contributed by atoms with van der Waals surface area (Å²) in [6, 6.07) is 5.56. The molecule has 2 amide bonds. The first kappa shape index (κ1) is 11.8. The Morgan fingerprint density at radius 1 is 1.29 bits per heavy atom. The number of piperidine rings is 1. The van der Waals surface area contributed by atoms with Gasteiger partial charge in [0.15, 0.2) is 0 Å². The molecule has 2 rings (SSSR count). The Kier molecular flexibility index (Phi) is 3.52. The van der Waals surface area contributed by atoms with Crippen LogP contribution in [0, 0.1) is 6.92 Å². The Labute approximate surface area is 102 Å². The highest BCUT2D eigenvalue weighted by atomic mass is 16.2. The average Bonchev–Trinajstić information content (AvgIpc) is 2.36. The molecule has 0 saturated carbocycles. The van der Waals surface area contributed by atoms with Crippen LogP contribution in [-0.4, -0.2) is 24.0 Å². The minimum Gasteiger partial charge on any atom is -0.398 e. The van der Waals surface area contributed by atoms with Crippen LogP contribution in [0.15, 0.2) is 18.2 Å². The quantitative estimate of drug-likeness (QED) is 0.732. The lowest BCUT2D eigenvalue weighted by Crippen LogP contribution is -2.38. The summed E-state index contributed by atoms with van der Waals surface area (Å²) < 4.78 is 0. The van der Waals surface area contributed by atoms with E-state index in [0.29, 0.717) is 5.69 Å². The van der Waals surface area contributed by atoms with Crippen molar-refractivity contribution in [2.75, 3.05) is 24.1 Å². The van der Waals surface area contributed by atoms with Crippen LogP contribution in [0.2, 0.25) is 0 Å². The van der Waals surface area contributed by atoms with Crippen LogP contribution in [0.25, 0.3) is 0 Å². The molecule has 3 N–H and O–H groups in total. The summed E-state index contributed by atoms with van der Waals surface area (Å²) in [6.45, 7) is 3.63. The fraction of sp³-hybridized carbons (Fsp3) is 0.462. The highest BCUT2D eigenvalue weighted by molar-refractivity contribution is 5.91. The van der Waals surface area contributed by atoms with Crippen molar-refractivity contribution in [2.24, 2.45) is 0 Å². The van der Waals surface area contributed by atoms with Crippen LogP contribution in [0.4, 0.5) is 16.2 Å². The van der Waals surface area contributed by atoms with Crippen molar-refractivity contribution < 1.29 is 4.79 Å². The van der Waals surface area contributed by atoms with Gasteiger partial charge in [-0.3, -0.25) is 0 Å². The molecule has 1 aliphatic heterocycles. The molecule has 0 aromatic heterocycles. The number of anilines is 2. The molecule has 0 unspecified atom stereocenters. The van der Waals surface area contributed by atoms with Crippen LogP contribution in [0.5, 0.6) is 0 Å². The second kappa shape index (κ2) is 5.08. The SMILES string of the molecule is Cc1c(N)cccc1NC(=O)N1CCCCC1. The molecule has 1 aromatic rings. The van der Waals surface area contributed by atoms with Gasteiger partial charge >= 0.3 is 6.03 Å². The number of hydrogen-bond donors (Lipinski definition) is 2. The lowest BCUT2D eigenvalue weighted by molar-refractivity contribution is 0.200. The summed E-state index contributed by atoms with van der Waals surface area (Å²) in [4.78, 5) is 13.9. The topological polar surface area (TPSA) is 58.4 Å². The molecule has 0 radical (unpaired) electrons. The first-order chi connectivity index (χ1) is 8.18. The first-order valence-electron chi connectivity index (χ1n) is 6.09. The number of benzene rings is 1. The van der Waals surface area contributed by atoms with Crippen molar-refractivity contribution in [3.05, 3.63) is 23.8 Å². The van der Waals surface area contributed by atoms with E-state index in [9.17, 15) is 4.79 Å². The van der Waals surface area contributed by atoms with Crippen LogP contribution < -0.4 is 11.1 Å². The van der Waals surface area contributed by atoms with Gasteiger partial charge in [-0.1, -0.05) is 6.07 Å². The largest absolute Gasteiger partial charge is 0.398 e. The number of nitrogens with two attached hydrogens (primary N) is 1. The maximum atomic E-state index is 12.0. The fourth-order valence-electron chi connectivity index (χ4n) is 2.08. The molecule has 0 spiro atoms. The fourth-order valence-corrected chi connectivity index (χ4v) is 2.08. The van der Waals surface area contributed by atoms with Crippen molar-refractivity contribution in [3.8, 4) is 0 Å². The van der Waals surface area contributed by atoms with E-state index in [1.54, 1.807) is 0 Å². The van der Waals surface area contributed by atoms with Gasteiger partial charge in [0.2, 0.25) is 0 Å². The summed E-state index contributed by atoms with van der Waals surface area (Å²) in [5, 5.41) is 2.93. The lowest BCUT2D eigenvalue weighted by Gasteiger charge is -2.27. The molecule has 92 valence electrons. The van der Waals surface area contributed by atoms with Crippen molar-refractivity contribution >= 4 is 17.4 Å². The molecule has 4 heteroatoms. The Hall–Kier alpha value is -1.71. The van der Waals surface area contributed by atoms with E-state index in [-0.39, 0.29) is 6.03 Å². The van der Waals surface area contributed by atoms with Crippen molar-refractivity contribution in [3.63, 3.8) is 0 Å². The van der Waals surface area contributed by atoms with Crippen molar-refractivity contribution in [1.82, 2.24) is 4.90 Å². The van der Waals surface area contributed by atoms with Gasteiger partial charge < -0.3 is 16.0 Å². The number of likely N-dealkylation sites (tertiary alicyclic amines) is 1. The molecule has 1 aromatic carbocycles. The van der Waals surface area contributed by atoms with E-state index in [4.69, 9.17) is 5.73 Å². The molecule has 1 heterocycles. The Morgan fingerprint density at radius 2 is 2.00 bits per heavy atom. The second-order valence-electron chi connectivity index (χ2n) is 4.50. The Morgan fingerprint density at radius 3 is 2.71 bits per heavy atom. The van der Waals surface area contributed by atoms with Gasteiger partial charge in [-0.25, -0.2) is 4.79 Å². The van der Waals surface area contributed by atoms with E-state index in [0.717, 1.165) is 37.2 Å². The van der Waals surface area contributed by atoms with E-state index in [1.807, 2.05) is 30.0 Å². The van der Waals surface area contributed by atoms with E-state index < -0.39 is 0 Å². The zero-order valence-electron chi connectivity index (χ0n) is 10.2. The zero-order chi connectivity index (χ0) is 12.3. The van der Waals surface area contributed by atoms with Gasteiger partial charge in [0.25, 0.3) is 0 Å². The van der Waals surface area contributed by atoms with Crippen LogP contribution >= 0.6 is 0 Å². The normalized spacial score (nSPS) is 15.7. The molecule has 17 heavy (non-hydrogen) atoms. The van der Waals surface area contributed by atoms with Crippen molar-refractivity contribution in [1.29, 1.82) is 0 Å². The number of amides is 2. The third kappa shape index (κ3) is 2.70. The Balaban J connectivity index is 2.04. The van der Waals surface area contributed by atoms with E-state index >= 15 is 0 Å². The first-order valence-corrected chi connectivity index (χ1v) is 6.09. The number of carbonyl (C=O) groups is 1. The number of hydrogen-bond acceptors (Lipinski definition) is 2. The minimum atomic E-state index is -0.0154. The highest BCUT2D eigenvalue weighted by Gasteiger charge is 2.16. The zero-order valence-corrected chi connectivity index (χ0v) is 10.2.